The Morgan fingerprint density at radius 2 is 2.00 bits per heavy atom. The predicted molar refractivity (Wildman–Crippen MR) is 116 cm³/mol. The van der Waals surface area contributed by atoms with Crippen molar-refractivity contribution in [3.05, 3.63) is 58.5 Å². The zero-order valence-electron chi connectivity index (χ0n) is 16.9. The van der Waals surface area contributed by atoms with E-state index in [0.29, 0.717) is 41.9 Å². The molecule has 0 bridgehead atoms. The lowest BCUT2D eigenvalue weighted by Crippen LogP contribution is -2.35. The van der Waals surface area contributed by atoms with Crippen LogP contribution >= 0.6 is 11.3 Å². The van der Waals surface area contributed by atoms with Gasteiger partial charge in [0.15, 0.2) is 4.21 Å². The van der Waals surface area contributed by atoms with Gasteiger partial charge in [-0.1, -0.05) is 23.8 Å². The first-order chi connectivity index (χ1) is 14.3. The van der Waals surface area contributed by atoms with Crippen LogP contribution in [0.4, 0.5) is 5.69 Å². The van der Waals surface area contributed by atoms with Crippen LogP contribution in [0.3, 0.4) is 0 Å². The zero-order chi connectivity index (χ0) is 21.9. The lowest BCUT2D eigenvalue weighted by atomic mass is 10.0. The molecule has 1 amide bonds. The van der Waals surface area contributed by atoms with Gasteiger partial charge in [0.2, 0.25) is 5.91 Å². The second-order valence-corrected chi connectivity index (χ2v) is 10.0. The highest BCUT2D eigenvalue weighted by Gasteiger charge is 2.34. The Hall–Kier alpha value is -2.65. The van der Waals surface area contributed by atoms with Gasteiger partial charge in [0, 0.05) is 23.5 Å². The summed E-state index contributed by atoms with van der Waals surface area (Å²) in [6, 6.07) is 6.92. The Bertz CT molecular complexity index is 1070. The van der Waals surface area contributed by atoms with E-state index >= 15 is 0 Å². The molecule has 2 heterocycles. The van der Waals surface area contributed by atoms with E-state index in [9.17, 15) is 18.0 Å². The highest BCUT2D eigenvalue weighted by Crippen LogP contribution is 2.37. The number of aryl methyl sites for hydroxylation is 1. The fraction of sp³-hybridized carbons (Fsp3) is 0.333. The summed E-state index contributed by atoms with van der Waals surface area (Å²) in [5, 5.41) is 0. The summed E-state index contributed by atoms with van der Waals surface area (Å²) in [5.41, 5.74) is 2.12. The van der Waals surface area contributed by atoms with Crippen LogP contribution in [0.2, 0.25) is 0 Å². The number of fused-ring (bicyclic) bond motifs is 1. The van der Waals surface area contributed by atoms with Crippen LogP contribution in [-0.4, -0.2) is 38.8 Å². The number of carbonyl (C=O) groups is 2. The third kappa shape index (κ3) is 4.57. The second-order valence-electron chi connectivity index (χ2n) is 7.02. The van der Waals surface area contributed by atoms with Gasteiger partial charge in [-0.15, -0.1) is 17.9 Å². The number of ether oxygens (including phenoxy) is 1. The minimum atomic E-state index is -4.01. The highest BCUT2D eigenvalue weighted by atomic mass is 32.2. The van der Waals surface area contributed by atoms with Gasteiger partial charge in [-0.2, -0.15) is 0 Å². The fourth-order valence-electron chi connectivity index (χ4n) is 3.30. The number of methoxy groups -OCH3 is 1. The smallest absolute Gasteiger partial charge is 0.340 e. The molecule has 0 saturated carbocycles. The van der Waals surface area contributed by atoms with Crippen molar-refractivity contribution in [1.82, 2.24) is 4.90 Å². The number of sulfonamides is 1. The van der Waals surface area contributed by atoms with Gasteiger partial charge in [0.25, 0.3) is 10.0 Å². The van der Waals surface area contributed by atoms with Gasteiger partial charge >= 0.3 is 5.97 Å². The average Bonchev–Trinajstić information content (AvgIpc) is 3.12. The molecule has 1 aliphatic heterocycles. The molecular weight excluding hydrogens is 424 g/mol. The van der Waals surface area contributed by atoms with Crippen molar-refractivity contribution >= 4 is 38.9 Å². The van der Waals surface area contributed by atoms with E-state index in [0.717, 1.165) is 16.9 Å². The van der Waals surface area contributed by atoms with E-state index in [4.69, 9.17) is 4.74 Å². The Morgan fingerprint density at radius 1 is 1.30 bits per heavy atom. The standard InChI is InChI=1S/C21H24N2O5S2/c1-4-5-6-18(24)23-12-11-16-17(13-23)29-21(19(16)20(25)28-3)30(26,27)22-15-9-7-14(2)8-10-15/h4,7-10,22H,1,5-6,11-13H2,2-3H3. The van der Waals surface area contributed by atoms with Crippen molar-refractivity contribution in [2.24, 2.45) is 0 Å². The molecule has 0 unspecified atom stereocenters. The molecule has 7 nitrogen and oxygen atoms in total. The lowest BCUT2D eigenvalue weighted by molar-refractivity contribution is -0.131. The molecule has 0 atom stereocenters. The Morgan fingerprint density at radius 3 is 2.63 bits per heavy atom. The number of thiophene rings is 1. The van der Waals surface area contributed by atoms with E-state index in [1.54, 1.807) is 35.2 Å². The van der Waals surface area contributed by atoms with E-state index in [-0.39, 0.29) is 22.2 Å². The highest BCUT2D eigenvalue weighted by molar-refractivity contribution is 7.94. The molecule has 0 spiro atoms. The fourth-order valence-corrected chi connectivity index (χ4v) is 6.26. The maximum atomic E-state index is 13.1. The molecule has 0 aliphatic carbocycles. The van der Waals surface area contributed by atoms with Crippen LogP contribution in [0.5, 0.6) is 0 Å². The van der Waals surface area contributed by atoms with Gasteiger partial charge < -0.3 is 9.64 Å². The topological polar surface area (TPSA) is 92.8 Å². The summed E-state index contributed by atoms with van der Waals surface area (Å²) in [6.07, 6.45) is 3.03. The molecule has 1 aromatic carbocycles. The number of benzene rings is 1. The van der Waals surface area contributed by atoms with Crippen LogP contribution in [0.15, 0.2) is 41.1 Å². The van der Waals surface area contributed by atoms with Crippen molar-refractivity contribution in [1.29, 1.82) is 0 Å². The monoisotopic (exact) mass is 448 g/mol. The first-order valence-electron chi connectivity index (χ1n) is 9.48. The molecule has 0 fully saturated rings. The van der Waals surface area contributed by atoms with Crippen molar-refractivity contribution in [3.8, 4) is 0 Å². The maximum Gasteiger partial charge on any atom is 0.340 e. The van der Waals surface area contributed by atoms with E-state index in [2.05, 4.69) is 11.3 Å². The Balaban J connectivity index is 1.96. The normalized spacial score (nSPS) is 13.5. The van der Waals surface area contributed by atoms with Crippen LogP contribution < -0.4 is 4.72 Å². The summed E-state index contributed by atoms with van der Waals surface area (Å²) < 4.78 is 33.5. The summed E-state index contributed by atoms with van der Waals surface area (Å²) in [4.78, 5) is 27.2. The van der Waals surface area contributed by atoms with Gasteiger partial charge in [0.1, 0.15) is 0 Å². The molecule has 0 saturated heterocycles. The number of amides is 1. The number of nitrogens with zero attached hydrogens (tertiary/aromatic N) is 1. The number of anilines is 1. The molecule has 30 heavy (non-hydrogen) atoms. The van der Waals surface area contributed by atoms with E-state index in [1.165, 1.54) is 7.11 Å². The van der Waals surface area contributed by atoms with Crippen LogP contribution in [0.25, 0.3) is 0 Å². The molecule has 1 aromatic heterocycles. The van der Waals surface area contributed by atoms with Crippen molar-refractivity contribution in [2.75, 3.05) is 18.4 Å². The first-order valence-corrected chi connectivity index (χ1v) is 11.8. The number of hydrogen-bond acceptors (Lipinski definition) is 6. The van der Waals surface area contributed by atoms with Gasteiger partial charge in [-0.05, 0) is 37.5 Å². The molecule has 2 aromatic rings. The number of carbonyl (C=O) groups excluding carboxylic acids is 2. The second kappa shape index (κ2) is 9.01. The summed E-state index contributed by atoms with van der Waals surface area (Å²) in [7, 11) is -2.78. The zero-order valence-corrected chi connectivity index (χ0v) is 18.6. The van der Waals surface area contributed by atoms with E-state index < -0.39 is 16.0 Å². The average molecular weight is 449 g/mol. The summed E-state index contributed by atoms with van der Waals surface area (Å²) in [6.45, 7) is 6.24. The first kappa shape index (κ1) is 22.0. The number of allylic oxidation sites excluding steroid dienone is 1. The third-order valence-corrected chi connectivity index (χ3v) is 7.99. The molecule has 9 heteroatoms. The van der Waals surface area contributed by atoms with E-state index in [1.807, 2.05) is 6.92 Å². The number of esters is 1. The molecule has 0 radical (unpaired) electrons. The summed E-state index contributed by atoms with van der Waals surface area (Å²) >= 11 is 1.01. The van der Waals surface area contributed by atoms with Gasteiger partial charge in [-0.25, -0.2) is 13.2 Å². The Kier molecular flexibility index (Phi) is 6.62. The SMILES string of the molecule is C=CCCC(=O)N1CCc2c(sc(S(=O)(=O)Nc3ccc(C)cc3)c2C(=O)OC)C1. The lowest BCUT2D eigenvalue weighted by Gasteiger charge is -2.27. The van der Waals surface area contributed by atoms with Crippen LogP contribution in [-0.2, 0) is 32.5 Å². The molecule has 1 N–H and O–H groups in total. The molecule has 3 rings (SSSR count). The van der Waals surface area contributed by atoms with Gasteiger partial charge in [-0.3, -0.25) is 9.52 Å². The van der Waals surface area contributed by atoms with Crippen LogP contribution in [0.1, 0.15) is 39.2 Å². The van der Waals surface area contributed by atoms with Crippen molar-refractivity contribution in [3.63, 3.8) is 0 Å². The number of hydrogen-bond donors (Lipinski definition) is 1. The minimum Gasteiger partial charge on any atom is -0.465 e. The minimum absolute atomic E-state index is 0.0178. The third-order valence-electron chi connectivity index (χ3n) is 4.88. The van der Waals surface area contributed by atoms with Crippen LogP contribution in [0, 0.1) is 6.92 Å². The molecule has 1 aliphatic rings. The van der Waals surface area contributed by atoms with Crippen molar-refractivity contribution in [2.45, 2.75) is 36.9 Å². The quantitative estimate of drug-likeness (QED) is 0.517. The maximum absolute atomic E-state index is 13.1. The molecule has 160 valence electrons. The largest absolute Gasteiger partial charge is 0.465 e. The Labute approximate surface area is 180 Å². The van der Waals surface area contributed by atoms with Gasteiger partial charge in [0.05, 0.1) is 19.2 Å². The summed E-state index contributed by atoms with van der Waals surface area (Å²) in [5.74, 6) is -0.709. The van der Waals surface area contributed by atoms with Crippen molar-refractivity contribution < 1.29 is 22.7 Å². The number of nitrogens with one attached hydrogen (secondary N) is 1. The molecular formula is C21H24N2O5S2. The number of rotatable bonds is 7. The predicted octanol–water partition coefficient (Wildman–Crippen LogP) is 3.49.